The Balaban J connectivity index is 2.92. The zero-order valence-corrected chi connectivity index (χ0v) is 10.4. The van der Waals surface area contributed by atoms with Crippen molar-refractivity contribution in [1.29, 1.82) is 0 Å². The summed E-state index contributed by atoms with van der Waals surface area (Å²) in [6.45, 7) is 3.48. The van der Waals surface area contributed by atoms with Crippen molar-refractivity contribution in [1.82, 2.24) is 5.32 Å². The zero-order valence-electron chi connectivity index (χ0n) is 8.06. The van der Waals surface area contributed by atoms with E-state index in [4.69, 9.17) is 17.3 Å². The maximum Gasteiger partial charge on any atom is 0.0465 e. The average Bonchev–Trinajstić information content (AvgIpc) is 2.15. The van der Waals surface area contributed by atoms with Crippen LogP contribution in [-0.4, -0.2) is 13.1 Å². The molecule has 1 aromatic rings. The lowest BCUT2D eigenvalue weighted by Crippen LogP contribution is -2.28. The predicted octanol–water partition coefficient (Wildman–Crippen LogP) is 2.71. The first kappa shape index (κ1) is 12.0. The van der Waals surface area contributed by atoms with Gasteiger partial charge in [0.25, 0.3) is 0 Å². The van der Waals surface area contributed by atoms with Crippen molar-refractivity contribution in [2.24, 2.45) is 5.73 Å². The van der Waals surface area contributed by atoms with E-state index in [1.165, 1.54) is 0 Å². The van der Waals surface area contributed by atoms with Crippen molar-refractivity contribution >= 4 is 27.5 Å². The minimum absolute atomic E-state index is 0.139. The third-order valence-corrected chi connectivity index (χ3v) is 2.84. The predicted molar refractivity (Wildman–Crippen MR) is 64.6 cm³/mol. The molecule has 2 nitrogen and oxygen atoms in total. The summed E-state index contributed by atoms with van der Waals surface area (Å²) in [5.41, 5.74) is 6.72. The molecule has 1 aromatic carbocycles. The molecule has 1 unspecified atom stereocenters. The Hall–Kier alpha value is -0.0900. The molecule has 0 heterocycles. The summed E-state index contributed by atoms with van der Waals surface area (Å²) in [5.74, 6) is 0. The number of hydrogen-bond acceptors (Lipinski definition) is 2. The van der Waals surface area contributed by atoms with Gasteiger partial charge in [0.15, 0.2) is 0 Å². The molecule has 0 aromatic heterocycles. The fourth-order valence-corrected chi connectivity index (χ4v) is 2.16. The van der Waals surface area contributed by atoms with E-state index in [-0.39, 0.29) is 6.04 Å². The first-order chi connectivity index (χ1) is 6.69. The van der Waals surface area contributed by atoms with Gasteiger partial charge in [-0.25, -0.2) is 0 Å². The number of likely N-dealkylation sites (N-methyl/N-ethyl adjacent to an activating group) is 1. The van der Waals surface area contributed by atoms with Crippen molar-refractivity contribution < 1.29 is 0 Å². The molecular weight excluding hydrogens is 263 g/mol. The highest BCUT2D eigenvalue weighted by atomic mass is 79.9. The van der Waals surface area contributed by atoms with E-state index in [9.17, 15) is 0 Å². The number of benzene rings is 1. The van der Waals surface area contributed by atoms with Gasteiger partial charge in [-0.2, -0.15) is 0 Å². The third kappa shape index (κ3) is 2.95. The molecule has 14 heavy (non-hydrogen) atoms. The Kier molecular flexibility index (Phi) is 4.89. The minimum Gasteiger partial charge on any atom is -0.329 e. The summed E-state index contributed by atoms with van der Waals surface area (Å²) < 4.78 is 0.985. The largest absolute Gasteiger partial charge is 0.329 e. The topological polar surface area (TPSA) is 38.0 Å². The van der Waals surface area contributed by atoms with Crippen LogP contribution >= 0.6 is 27.5 Å². The molecule has 4 heteroatoms. The molecule has 0 saturated heterocycles. The highest BCUT2D eigenvalue weighted by Crippen LogP contribution is 2.25. The first-order valence-electron chi connectivity index (χ1n) is 4.57. The van der Waals surface area contributed by atoms with Crippen LogP contribution in [0.3, 0.4) is 0 Å². The zero-order chi connectivity index (χ0) is 10.6. The fraction of sp³-hybridized carbons (Fsp3) is 0.400. The van der Waals surface area contributed by atoms with Gasteiger partial charge in [0.1, 0.15) is 0 Å². The number of nitrogens with two attached hydrogens (primary N) is 1. The van der Waals surface area contributed by atoms with Crippen LogP contribution in [0.5, 0.6) is 0 Å². The number of nitrogens with one attached hydrogen (secondary N) is 1. The number of halogens is 2. The van der Waals surface area contributed by atoms with Crippen LogP contribution in [0, 0.1) is 0 Å². The van der Waals surface area contributed by atoms with Gasteiger partial charge in [0, 0.05) is 22.1 Å². The number of rotatable bonds is 4. The molecule has 0 saturated carbocycles. The monoisotopic (exact) mass is 276 g/mol. The summed E-state index contributed by atoms with van der Waals surface area (Å²) in [5, 5.41) is 4.03. The molecule has 0 spiro atoms. The lowest BCUT2D eigenvalue weighted by molar-refractivity contribution is 0.562. The first-order valence-corrected chi connectivity index (χ1v) is 5.74. The third-order valence-electron chi connectivity index (χ3n) is 2.02. The van der Waals surface area contributed by atoms with E-state index in [2.05, 4.69) is 28.2 Å². The normalized spacial score (nSPS) is 12.9. The van der Waals surface area contributed by atoms with Crippen LogP contribution in [0.15, 0.2) is 22.7 Å². The van der Waals surface area contributed by atoms with Gasteiger partial charge in [-0.05, 0) is 24.2 Å². The second-order valence-electron chi connectivity index (χ2n) is 3.01. The van der Waals surface area contributed by atoms with E-state index >= 15 is 0 Å². The quantitative estimate of drug-likeness (QED) is 0.888. The van der Waals surface area contributed by atoms with Gasteiger partial charge < -0.3 is 11.1 Å². The van der Waals surface area contributed by atoms with Gasteiger partial charge in [-0.3, -0.25) is 0 Å². The van der Waals surface area contributed by atoms with Crippen LogP contribution in [-0.2, 0) is 0 Å². The lowest BCUT2D eigenvalue weighted by Gasteiger charge is -2.17. The molecule has 78 valence electrons. The summed E-state index contributed by atoms with van der Waals surface area (Å²) in [6.07, 6.45) is 0. The van der Waals surface area contributed by atoms with Crippen LogP contribution < -0.4 is 11.1 Å². The van der Waals surface area contributed by atoms with Crippen molar-refractivity contribution in [3.05, 3.63) is 33.3 Å². The SMILES string of the molecule is CCNC(CN)c1ccc(Br)cc1Cl. The Bertz CT molecular complexity index is 304. The molecule has 0 aliphatic heterocycles. The Labute approximate surface area is 98.0 Å². The van der Waals surface area contributed by atoms with Gasteiger partial charge in [0.05, 0.1) is 0 Å². The average molecular weight is 278 g/mol. The fourth-order valence-electron chi connectivity index (χ4n) is 1.35. The maximum absolute atomic E-state index is 6.11. The van der Waals surface area contributed by atoms with E-state index in [1.54, 1.807) is 0 Å². The molecule has 0 radical (unpaired) electrons. The van der Waals surface area contributed by atoms with E-state index in [1.807, 2.05) is 18.2 Å². The summed E-state index contributed by atoms with van der Waals surface area (Å²) in [6, 6.07) is 5.99. The molecule has 1 atom stereocenters. The Morgan fingerprint density at radius 2 is 2.29 bits per heavy atom. The molecule has 0 bridgehead atoms. The summed E-state index contributed by atoms with van der Waals surface area (Å²) in [4.78, 5) is 0. The standard InChI is InChI=1S/C10H14BrClN2/c1-2-14-10(6-13)8-4-3-7(11)5-9(8)12/h3-5,10,14H,2,6,13H2,1H3. The van der Waals surface area contributed by atoms with Gasteiger partial charge >= 0.3 is 0 Å². The second kappa shape index (κ2) is 5.71. The smallest absolute Gasteiger partial charge is 0.0465 e. The molecule has 3 N–H and O–H groups in total. The van der Waals surface area contributed by atoms with Crippen molar-refractivity contribution in [3.8, 4) is 0 Å². The lowest BCUT2D eigenvalue weighted by atomic mass is 10.1. The van der Waals surface area contributed by atoms with Gasteiger partial charge in [0.2, 0.25) is 0 Å². The van der Waals surface area contributed by atoms with Gasteiger partial charge in [-0.1, -0.05) is 40.5 Å². The summed E-state index contributed by atoms with van der Waals surface area (Å²) in [7, 11) is 0. The van der Waals surface area contributed by atoms with Crippen LogP contribution in [0.1, 0.15) is 18.5 Å². The van der Waals surface area contributed by atoms with Crippen molar-refractivity contribution in [2.75, 3.05) is 13.1 Å². The minimum atomic E-state index is 0.139. The second-order valence-corrected chi connectivity index (χ2v) is 4.33. The van der Waals surface area contributed by atoms with Crippen LogP contribution in [0.25, 0.3) is 0 Å². The molecule has 1 rings (SSSR count). The molecule has 0 aliphatic carbocycles. The van der Waals surface area contributed by atoms with Crippen LogP contribution in [0.2, 0.25) is 5.02 Å². The van der Waals surface area contributed by atoms with Crippen molar-refractivity contribution in [2.45, 2.75) is 13.0 Å². The molecule has 0 aliphatic rings. The maximum atomic E-state index is 6.11. The Morgan fingerprint density at radius 1 is 1.57 bits per heavy atom. The number of hydrogen-bond donors (Lipinski definition) is 2. The van der Waals surface area contributed by atoms with E-state index < -0.39 is 0 Å². The van der Waals surface area contributed by atoms with Gasteiger partial charge in [-0.15, -0.1) is 0 Å². The highest BCUT2D eigenvalue weighted by Gasteiger charge is 2.11. The highest BCUT2D eigenvalue weighted by molar-refractivity contribution is 9.10. The molecule has 0 fully saturated rings. The molecule has 0 amide bonds. The summed E-state index contributed by atoms with van der Waals surface area (Å²) >= 11 is 9.48. The van der Waals surface area contributed by atoms with Crippen molar-refractivity contribution in [3.63, 3.8) is 0 Å². The van der Waals surface area contributed by atoms with E-state index in [0.717, 1.165) is 21.6 Å². The molecular formula is C10H14BrClN2. The van der Waals surface area contributed by atoms with E-state index in [0.29, 0.717) is 6.54 Å². The van der Waals surface area contributed by atoms with Crippen LogP contribution in [0.4, 0.5) is 0 Å². The Morgan fingerprint density at radius 3 is 2.79 bits per heavy atom.